The number of hydrogen-bond acceptors (Lipinski definition) is 5. The number of hydrogen-bond donors (Lipinski definition) is 0. The summed E-state index contributed by atoms with van der Waals surface area (Å²) in [5, 5.41) is 10.5. The Balaban J connectivity index is 2.92. The molecule has 0 radical (unpaired) electrons. The van der Waals surface area contributed by atoms with Crippen LogP contribution in [-0.4, -0.2) is 30.6 Å². The van der Waals surface area contributed by atoms with Crippen LogP contribution >= 0.6 is 0 Å². The summed E-state index contributed by atoms with van der Waals surface area (Å²) >= 11 is 0. The van der Waals surface area contributed by atoms with Crippen LogP contribution in [0.2, 0.25) is 0 Å². The van der Waals surface area contributed by atoms with Crippen LogP contribution in [0.1, 0.15) is 13.8 Å². The summed E-state index contributed by atoms with van der Waals surface area (Å²) < 4.78 is 18.6. The van der Waals surface area contributed by atoms with Crippen molar-refractivity contribution in [2.24, 2.45) is 0 Å². The van der Waals surface area contributed by atoms with E-state index in [1.54, 1.807) is 13.8 Å². The summed E-state index contributed by atoms with van der Waals surface area (Å²) in [5.74, 6) is -1.21. The molecule has 0 saturated carbocycles. The van der Waals surface area contributed by atoms with Crippen LogP contribution in [0.5, 0.6) is 0 Å². The van der Waals surface area contributed by atoms with Crippen molar-refractivity contribution in [1.29, 1.82) is 0 Å². The molecule has 0 aliphatic rings. The number of esters is 1. The van der Waals surface area contributed by atoms with Crippen molar-refractivity contribution >= 4 is 17.3 Å². The first-order valence-corrected chi connectivity index (χ1v) is 5.84. The van der Waals surface area contributed by atoms with Gasteiger partial charge in [-0.25, -0.2) is 4.39 Å². The molecule has 0 aromatic heterocycles. The number of benzene rings is 1. The van der Waals surface area contributed by atoms with E-state index in [4.69, 9.17) is 4.74 Å². The molecule has 1 aromatic carbocycles. The molecular formula is C12H15FN2O4. The van der Waals surface area contributed by atoms with Gasteiger partial charge in [0, 0.05) is 12.6 Å². The average Bonchev–Trinajstić information content (AvgIpc) is 2.36. The Hall–Kier alpha value is -2.18. The predicted octanol–water partition coefficient (Wildman–Crippen LogP) is 2.12. The Morgan fingerprint density at radius 3 is 2.63 bits per heavy atom. The van der Waals surface area contributed by atoms with E-state index in [0.717, 1.165) is 6.07 Å². The van der Waals surface area contributed by atoms with Crippen molar-refractivity contribution < 1.29 is 18.8 Å². The molecule has 0 aliphatic carbocycles. The van der Waals surface area contributed by atoms with Gasteiger partial charge in [-0.1, -0.05) is 0 Å². The largest absolute Gasteiger partial charge is 0.465 e. The first-order chi connectivity index (χ1) is 8.99. The minimum atomic E-state index is -0.736. The summed E-state index contributed by atoms with van der Waals surface area (Å²) in [7, 11) is 0. The zero-order valence-corrected chi connectivity index (χ0v) is 10.8. The van der Waals surface area contributed by atoms with E-state index < -0.39 is 16.7 Å². The second kappa shape index (κ2) is 6.67. The van der Waals surface area contributed by atoms with Gasteiger partial charge in [0.2, 0.25) is 0 Å². The number of nitrogens with zero attached hydrogens (tertiary/aromatic N) is 2. The van der Waals surface area contributed by atoms with Crippen LogP contribution in [-0.2, 0) is 9.53 Å². The molecule has 0 atom stereocenters. The molecular weight excluding hydrogens is 255 g/mol. The quantitative estimate of drug-likeness (QED) is 0.450. The molecule has 0 N–H and O–H groups in total. The zero-order valence-electron chi connectivity index (χ0n) is 10.8. The van der Waals surface area contributed by atoms with Crippen molar-refractivity contribution in [3.05, 3.63) is 34.1 Å². The van der Waals surface area contributed by atoms with Gasteiger partial charge in [-0.3, -0.25) is 14.9 Å². The van der Waals surface area contributed by atoms with E-state index in [2.05, 4.69) is 0 Å². The van der Waals surface area contributed by atoms with E-state index in [9.17, 15) is 19.3 Å². The van der Waals surface area contributed by atoms with E-state index in [1.165, 1.54) is 17.0 Å². The maximum absolute atomic E-state index is 13.8. The number of anilines is 1. The minimum absolute atomic E-state index is 0.0981. The standard InChI is InChI=1S/C12H15FN2O4/c1-3-14(8-12(16)19-4-2)11-6-5-9(15(17)18)7-10(11)13/h5-7H,3-4,8H2,1-2H3. The second-order valence-electron chi connectivity index (χ2n) is 3.71. The lowest BCUT2D eigenvalue weighted by Gasteiger charge is -2.22. The van der Waals surface area contributed by atoms with Gasteiger partial charge in [0.25, 0.3) is 5.69 Å². The van der Waals surface area contributed by atoms with E-state index in [1.807, 2.05) is 0 Å². The van der Waals surface area contributed by atoms with Crippen LogP contribution in [0.4, 0.5) is 15.8 Å². The SMILES string of the molecule is CCOC(=O)CN(CC)c1ccc([N+](=O)[O-])cc1F. The summed E-state index contributed by atoms with van der Waals surface area (Å²) in [6.45, 7) is 3.96. The second-order valence-corrected chi connectivity index (χ2v) is 3.71. The molecule has 0 bridgehead atoms. The lowest BCUT2D eigenvalue weighted by atomic mass is 10.2. The third-order valence-electron chi connectivity index (χ3n) is 2.49. The highest BCUT2D eigenvalue weighted by atomic mass is 19.1. The number of nitro groups is 1. The van der Waals surface area contributed by atoms with Crippen molar-refractivity contribution in [3.63, 3.8) is 0 Å². The lowest BCUT2D eigenvalue weighted by Crippen LogP contribution is -2.31. The Morgan fingerprint density at radius 1 is 1.47 bits per heavy atom. The van der Waals surface area contributed by atoms with E-state index in [0.29, 0.717) is 6.54 Å². The zero-order chi connectivity index (χ0) is 14.4. The number of carbonyl (C=O) groups excluding carboxylic acids is 1. The number of likely N-dealkylation sites (N-methyl/N-ethyl adjacent to an activating group) is 1. The molecule has 0 unspecified atom stereocenters. The number of non-ortho nitro benzene ring substituents is 1. The average molecular weight is 270 g/mol. The van der Waals surface area contributed by atoms with Gasteiger partial charge in [-0.05, 0) is 19.9 Å². The number of carbonyl (C=O) groups is 1. The Kier molecular flexibility index (Phi) is 5.23. The molecule has 7 heteroatoms. The van der Waals surface area contributed by atoms with Crippen molar-refractivity contribution in [2.75, 3.05) is 24.6 Å². The molecule has 0 heterocycles. The number of ether oxygens (including phenoxy) is 1. The maximum atomic E-state index is 13.8. The molecule has 0 aliphatic heterocycles. The Labute approximate surface area is 109 Å². The fourth-order valence-corrected chi connectivity index (χ4v) is 1.60. The minimum Gasteiger partial charge on any atom is -0.465 e. The summed E-state index contributed by atoms with van der Waals surface area (Å²) in [6.07, 6.45) is 0. The smallest absolute Gasteiger partial charge is 0.325 e. The van der Waals surface area contributed by atoms with Crippen molar-refractivity contribution in [1.82, 2.24) is 0 Å². The fraction of sp³-hybridized carbons (Fsp3) is 0.417. The molecule has 104 valence electrons. The van der Waals surface area contributed by atoms with E-state index in [-0.39, 0.29) is 24.5 Å². The third-order valence-corrected chi connectivity index (χ3v) is 2.49. The number of nitro benzene ring substituents is 1. The monoisotopic (exact) mass is 270 g/mol. The maximum Gasteiger partial charge on any atom is 0.325 e. The van der Waals surface area contributed by atoms with Gasteiger partial charge in [0.05, 0.1) is 23.3 Å². The van der Waals surface area contributed by atoms with Gasteiger partial charge >= 0.3 is 5.97 Å². The van der Waals surface area contributed by atoms with Gasteiger partial charge in [0.15, 0.2) is 5.82 Å². The highest BCUT2D eigenvalue weighted by molar-refractivity contribution is 5.76. The van der Waals surface area contributed by atoms with E-state index >= 15 is 0 Å². The highest BCUT2D eigenvalue weighted by Crippen LogP contribution is 2.23. The molecule has 1 rings (SSSR count). The first-order valence-electron chi connectivity index (χ1n) is 5.84. The van der Waals surface area contributed by atoms with Gasteiger partial charge in [0.1, 0.15) is 6.54 Å². The Morgan fingerprint density at radius 2 is 2.16 bits per heavy atom. The number of rotatable bonds is 6. The summed E-state index contributed by atoms with van der Waals surface area (Å²) in [4.78, 5) is 22.7. The molecule has 19 heavy (non-hydrogen) atoms. The van der Waals surface area contributed by atoms with Gasteiger partial charge < -0.3 is 9.64 Å². The summed E-state index contributed by atoms with van der Waals surface area (Å²) in [5.41, 5.74) is -0.186. The molecule has 0 spiro atoms. The molecule has 0 amide bonds. The van der Waals surface area contributed by atoms with Crippen molar-refractivity contribution in [3.8, 4) is 0 Å². The third kappa shape index (κ3) is 3.90. The van der Waals surface area contributed by atoms with Crippen LogP contribution in [0, 0.1) is 15.9 Å². The molecule has 1 aromatic rings. The Bertz CT molecular complexity index is 479. The lowest BCUT2D eigenvalue weighted by molar-refractivity contribution is -0.385. The summed E-state index contributed by atoms with van der Waals surface area (Å²) in [6, 6.07) is 3.32. The first kappa shape index (κ1) is 14.9. The fourth-order valence-electron chi connectivity index (χ4n) is 1.60. The topological polar surface area (TPSA) is 72.7 Å². The molecule has 6 nitrogen and oxygen atoms in total. The van der Waals surface area contributed by atoms with Crippen LogP contribution in [0.3, 0.4) is 0 Å². The molecule has 0 fully saturated rings. The molecule has 0 saturated heterocycles. The normalized spacial score (nSPS) is 10.1. The number of halogens is 1. The van der Waals surface area contributed by atoms with Crippen LogP contribution in [0.15, 0.2) is 18.2 Å². The van der Waals surface area contributed by atoms with Crippen LogP contribution < -0.4 is 4.90 Å². The van der Waals surface area contributed by atoms with Crippen LogP contribution in [0.25, 0.3) is 0 Å². The predicted molar refractivity (Wildman–Crippen MR) is 67.6 cm³/mol. The highest BCUT2D eigenvalue weighted by Gasteiger charge is 2.17. The van der Waals surface area contributed by atoms with Gasteiger partial charge in [-0.2, -0.15) is 0 Å². The van der Waals surface area contributed by atoms with Gasteiger partial charge in [-0.15, -0.1) is 0 Å². The van der Waals surface area contributed by atoms with Crippen molar-refractivity contribution in [2.45, 2.75) is 13.8 Å².